The van der Waals surface area contributed by atoms with Gasteiger partial charge in [0.1, 0.15) is 0 Å². The smallest absolute Gasteiger partial charge is 0.223 e. The second kappa shape index (κ2) is 5.57. The molecule has 3 heteroatoms. The second-order valence-electron chi connectivity index (χ2n) is 9.23. The summed E-state index contributed by atoms with van der Waals surface area (Å²) in [4.78, 5) is 12.6. The predicted octanol–water partition coefficient (Wildman–Crippen LogP) is 2.94. The van der Waals surface area contributed by atoms with Crippen LogP contribution in [0.25, 0.3) is 0 Å². The Kier molecular flexibility index (Phi) is 4.06. The summed E-state index contributed by atoms with van der Waals surface area (Å²) in [5.74, 6) is 3.78. The van der Waals surface area contributed by atoms with Gasteiger partial charge in [-0.3, -0.25) is 4.79 Å². The SMILES string of the molecule is CC(C)(C)CC(N)CNC(=O)C1C2CC3CC(C2)CC1C3. The van der Waals surface area contributed by atoms with Crippen molar-refractivity contribution in [2.45, 2.75) is 65.3 Å². The van der Waals surface area contributed by atoms with Gasteiger partial charge in [-0.05, 0) is 67.6 Å². The number of carbonyl (C=O) groups excluding carboxylic acids is 1. The summed E-state index contributed by atoms with van der Waals surface area (Å²) in [5.41, 5.74) is 6.40. The van der Waals surface area contributed by atoms with Crippen molar-refractivity contribution >= 4 is 5.91 Å². The van der Waals surface area contributed by atoms with Crippen molar-refractivity contribution in [3.8, 4) is 0 Å². The summed E-state index contributed by atoms with van der Waals surface area (Å²) < 4.78 is 0. The summed E-state index contributed by atoms with van der Waals surface area (Å²) >= 11 is 0. The largest absolute Gasteiger partial charge is 0.354 e. The summed E-state index contributed by atoms with van der Waals surface area (Å²) in [6.45, 7) is 7.24. The van der Waals surface area contributed by atoms with E-state index in [0.717, 1.165) is 18.3 Å². The van der Waals surface area contributed by atoms with Crippen LogP contribution in [0.2, 0.25) is 0 Å². The van der Waals surface area contributed by atoms with Gasteiger partial charge in [0.05, 0.1) is 0 Å². The van der Waals surface area contributed by atoms with Gasteiger partial charge < -0.3 is 11.1 Å². The maximum Gasteiger partial charge on any atom is 0.223 e. The van der Waals surface area contributed by atoms with Crippen molar-refractivity contribution in [3.63, 3.8) is 0 Å². The van der Waals surface area contributed by atoms with Crippen LogP contribution in [-0.4, -0.2) is 18.5 Å². The molecule has 120 valence electrons. The fraction of sp³-hybridized carbons (Fsp3) is 0.944. The standard InChI is InChI=1S/C18H32N2O/c1-18(2,3)9-15(19)10-20-17(21)16-13-5-11-4-12(7-13)8-14(16)6-11/h11-16H,4-10,19H2,1-3H3,(H,20,21). The van der Waals surface area contributed by atoms with Crippen LogP contribution in [0.3, 0.4) is 0 Å². The van der Waals surface area contributed by atoms with Crippen LogP contribution in [0.5, 0.6) is 0 Å². The number of rotatable bonds is 4. The second-order valence-corrected chi connectivity index (χ2v) is 9.23. The Morgan fingerprint density at radius 1 is 1.10 bits per heavy atom. The molecule has 0 heterocycles. The maximum atomic E-state index is 12.6. The molecule has 0 aromatic heterocycles. The first-order valence-electron chi connectivity index (χ1n) is 8.85. The first-order valence-corrected chi connectivity index (χ1v) is 8.85. The van der Waals surface area contributed by atoms with Gasteiger partial charge in [-0.2, -0.15) is 0 Å². The topological polar surface area (TPSA) is 55.1 Å². The van der Waals surface area contributed by atoms with Crippen LogP contribution in [0.1, 0.15) is 59.3 Å². The van der Waals surface area contributed by atoms with Gasteiger partial charge in [0.15, 0.2) is 0 Å². The Bertz CT molecular complexity index is 371. The van der Waals surface area contributed by atoms with Crippen molar-refractivity contribution in [2.24, 2.45) is 40.7 Å². The summed E-state index contributed by atoms with van der Waals surface area (Å²) in [6, 6.07) is 0.0748. The van der Waals surface area contributed by atoms with Crippen LogP contribution in [0, 0.1) is 35.0 Å². The molecule has 4 rings (SSSR count). The highest BCUT2D eigenvalue weighted by molar-refractivity contribution is 5.79. The Labute approximate surface area is 129 Å². The van der Waals surface area contributed by atoms with Gasteiger partial charge in [0.25, 0.3) is 0 Å². The highest BCUT2D eigenvalue weighted by atomic mass is 16.1. The molecule has 0 spiro atoms. The summed E-state index contributed by atoms with van der Waals surface area (Å²) in [5, 5.41) is 3.17. The Balaban J connectivity index is 1.52. The zero-order chi connectivity index (χ0) is 15.2. The highest BCUT2D eigenvalue weighted by Gasteiger charge is 2.50. The molecule has 0 saturated heterocycles. The molecule has 4 fully saturated rings. The van der Waals surface area contributed by atoms with Crippen molar-refractivity contribution in [3.05, 3.63) is 0 Å². The lowest BCUT2D eigenvalue weighted by Crippen LogP contribution is -2.52. The molecular formula is C18H32N2O. The van der Waals surface area contributed by atoms with E-state index in [4.69, 9.17) is 5.73 Å². The zero-order valence-electron chi connectivity index (χ0n) is 13.9. The minimum atomic E-state index is 0.0748. The van der Waals surface area contributed by atoms with E-state index in [1.807, 2.05) is 0 Å². The molecule has 1 amide bonds. The van der Waals surface area contributed by atoms with E-state index in [9.17, 15) is 4.79 Å². The van der Waals surface area contributed by atoms with Crippen molar-refractivity contribution in [1.82, 2.24) is 5.32 Å². The van der Waals surface area contributed by atoms with Crippen molar-refractivity contribution in [2.75, 3.05) is 6.54 Å². The van der Waals surface area contributed by atoms with E-state index in [-0.39, 0.29) is 11.5 Å². The Morgan fingerprint density at radius 2 is 1.62 bits per heavy atom. The Morgan fingerprint density at radius 3 is 2.10 bits per heavy atom. The number of amides is 1. The minimum Gasteiger partial charge on any atom is -0.354 e. The molecule has 1 unspecified atom stereocenters. The van der Waals surface area contributed by atoms with Gasteiger partial charge in [-0.1, -0.05) is 20.8 Å². The predicted molar refractivity (Wildman–Crippen MR) is 85.6 cm³/mol. The van der Waals surface area contributed by atoms with E-state index in [1.165, 1.54) is 32.1 Å². The average molecular weight is 292 g/mol. The number of hydrogen-bond donors (Lipinski definition) is 2. The third-order valence-corrected chi connectivity index (χ3v) is 5.94. The normalized spacial score (nSPS) is 39.3. The van der Waals surface area contributed by atoms with Crippen LogP contribution in [0.15, 0.2) is 0 Å². The van der Waals surface area contributed by atoms with E-state index >= 15 is 0 Å². The molecule has 0 aromatic rings. The molecule has 0 aliphatic heterocycles. The molecular weight excluding hydrogens is 260 g/mol. The molecule has 4 saturated carbocycles. The molecule has 21 heavy (non-hydrogen) atoms. The highest BCUT2D eigenvalue weighted by Crippen LogP contribution is 2.56. The van der Waals surface area contributed by atoms with Gasteiger partial charge in [-0.15, -0.1) is 0 Å². The number of nitrogens with one attached hydrogen (secondary N) is 1. The lowest BCUT2D eigenvalue weighted by atomic mass is 9.51. The van der Waals surface area contributed by atoms with E-state index in [0.29, 0.717) is 30.2 Å². The molecule has 4 aliphatic rings. The summed E-state index contributed by atoms with van der Waals surface area (Å²) in [7, 11) is 0. The first-order chi connectivity index (χ1) is 9.82. The van der Waals surface area contributed by atoms with Gasteiger partial charge >= 0.3 is 0 Å². The van der Waals surface area contributed by atoms with Crippen molar-refractivity contribution in [1.29, 1.82) is 0 Å². The minimum absolute atomic E-state index is 0.0748. The van der Waals surface area contributed by atoms with Gasteiger partial charge in [-0.25, -0.2) is 0 Å². The molecule has 0 aromatic carbocycles. The molecule has 3 N–H and O–H groups in total. The van der Waals surface area contributed by atoms with Crippen LogP contribution in [-0.2, 0) is 4.79 Å². The number of hydrogen-bond acceptors (Lipinski definition) is 2. The lowest BCUT2D eigenvalue weighted by Gasteiger charge is -2.53. The van der Waals surface area contributed by atoms with Crippen LogP contribution in [0.4, 0.5) is 0 Å². The maximum absolute atomic E-state index is 12.6. The van der Waals surface area contributed by atoms with Gasteiger partial charge in [0, 0.05) is 18.5 Å². The fourth-order valence-electron chi connectivity index (χ4n) is 5.56. The van der Waals surface area contributed by atoms with E-state index in [1.54, 1.807) is 0 Å². The fourth-order valence-corrected chi connectivity index (χ4v) is 5.56. The van der Waals surface area contributed by atoms with Crippen LogP contribution < -0.4 is 11.1 Å². The van der Waals surface area contributed by atoms with Crippen molar-refractivity contribution < 1.29 is 4.79 Å². The molecule has 3 nitrogen and oxygen atoms in total. The van der Waals surface area contributed by atoms with E-state index < -0.39 is 0 Å². The quantitative estimate of drug-likeness (QED) is 0.837. The summed E-state index contributed by atoms with van der Waals surface area (Å²) in [6.07, 6.45) is 7.61. The molecule has 0 radical (unpaired) electrons. The monoisotopic (exact) mass is 292 g/mol. The molecule has 4 aliphatic carbocycles. The third-order valence-electron chi connectivity index (χ3n) is 5.94. The number of nitrogens with two attached hydrogens (primary N) is 1. The first kappa shape index (κ1) is 15.3. The average Bonchev–Trinajstić information content (AvgIpc) is 2.33. The molecule has 4 bridgehead atoms. The van der Waals surface area contributed by atoms with E-state index in [2.05, 4.69) is 26.1 Å². The number of carbonyl (C=O) groups is 1. The van der Waals surface area contributed by atoms with Crippen LogP contribution >= 0.6 is 0 Å². The lowest BCUT2D eigenvalue weighted by molar-refractivity contribution is -0.138. The zero-order valence-corrected chi connectivity index (χ0v) is 13.9. The molecule has 1 atom stereocenters. The van der Waals surface area contributed by atoms with Gasteiger partial charge in [0.2, 0.25) is 5.91 Å². The Hall–Kier alpha value is -0.570. The third kappa shape index (κ3) is 3.44.